The lowest BCUT2D eigenvalue weighted by molar-refractivity contribution is -0.127. The Balaban J connectivity index is 4.87. The molecule has 0 rings (SSSR count). The molecule has 0 aliphatic carbocycles. The van der Waals surface area contributed by atoms with Crippen LogP contribution in [0.5, 0.6) is 0 Å². The van der Waals surface area contributed by atoms with Crippen LogP contribution in [-0.2, 0) is 4.79 Å². The van der Waals surface area contributed by atoms with Crippen molar-refractivity contribution >= 4 is 5.78 Å². The molecule has 0 aromatic rings. The van der Waals surface area contributed by atoms with Crippen LogP contribution in [0.3, 0.4) is 0 Å². The Morgan fingerprint density at radius 3 is 1.62 bits per heavy atom. The Kier molecular flexibility index (Phi) is 3.48. The molecule has 0 aromatic carbocycles. The van der Waals surface area contributed by atoms with Gasteiger partial charge in [-0.25, -0.2) is 0 Å². The van der Waals surface area contributed by atoms with Crippen LogP contribution in [0.15, 0.2) is 11.6 Å². The van der Waals surface area contributed by atoms with Gasteiger partial charge in [0.05, 0.1) is 0 Å². The van der Waals surface area contributed by atoms with Gasteiger partial charge >= 0.3 is 0 Å². The molecule has 0 bridgehead atoms. The first-order valence-corrected chi connectivity index (χ1v) is 4.78. The van der Waals surface area contributed by atoms with Gasteiger partial charge in [-0.15, -0.1) is 0 Å². The van der Waals surface area contributed by atoms with Crippen molar-refractivity contribution in [3.8, 4) is 0 Å². The second-order valence-electron chi connectivity index (χ2n) is 5.46. The Morgan fingerprint density at radius 2 is 1.38 bits per heavy atom. The van der Waals surface area contributed by atoms with Crippen LogP contribution in [-0.4, -0.2) is 5.78 Å². The molecule has 0 radical (unpaired) electrons. The summed E-state index contributed by atoms with van der Waals surface area (Å²) in [5.41, 5.74) is 0.794. The van der Waals surface area contributed by atoms with E-state index < -0.39 is 0 Å². The number of carbonyl (C=O) groups is 1. The highest BCUT2D eigenvalue weighted by Crippen LogP contribution is 2.39. The number of carbonyl (C=O) groups excluding carboxylic acids is 1. The zero-order valence-electron chi connectivity index (χ0n) is 9.99. The van der Waals surface area contributed by atoms with Gasteiger partial charge in [-0.1, -0.05) is 40.2 Å². The van der Waals surface area contributed by atoms with Crippen molar-refractivity contribution in [2.75, 3.05) is 0 Å². The molecule has 13 heavy (non-hydrogen) atoms. The van der Waals surface area contributed by atoms with E-state index in [-0.39, 0.29) is 16.6 Å². The SMILES string of the molecule is CC(C)=CC(=O)C(C)(C)C(C)(C)C. The van der Waals surface area contributed by atoms with Crippen LogP contribution in [0.25, 0.3) is 0 Å². The minimum absolute atomic E-state index is 0.00995. The van der Waals surface area contributed by atoms with E-state index in [0.717, 1.165) is 5.57 Å². The fourth-order valence-corrected chi connectivity index (χ4v) is 0.812. The van der Waals surface area contributed by atoms with Gasteiger partial charge in [0.25, 0.3) is 0 Å². The summed E-state index contributed by atoms with van der Waals surface area (Å²) < 4.78 is 0. The second-order valence-corrected chi connectivity index (χ2v) is 5.46. The van der Waals surface area contributed by atoms with E-state index in [1.54, 1.807) is 6.08 Å². The van der Waals surface area contributed by atoms with Gasteiger partial charge in [0, 0.05) is 5.41 Å². The molecular formula is C12H22O. The molecule has 0 aliphatic rings. The molecule has 0 spiro atoms. The Hall–Kier alpha value is -0.590. The van der Waals surface area contributed by atoms with Crippen LogP contribution in [0.1, 0.15) is 48.5 Å². The van der Waals surface area contributed by atoms with Crippen molar-refractivity contribution in [2.24, 2.45) is 10.8 Å². The van der Waals surface area contributed by atoms with Gasteiger partial charge in [-0.3, -0.25) is 4.79 Å². The molecule has 76 valence electrons. The monoisotopic (exact) mass is 182 g/mol. The summed E-state index contributed by atoms with van der Waals surface area (Å²) in [5.74, 6) is 0.222. The number of allylic oxidation sites excluding steroid dienone is 2. The summed E-state index contributed by atoms with van der Waals surface area (Å²) in [4.78, 5) is 11.8. The third kappa shape index (κ3) is 2.98. The quantitative estimate of drug-likeness (QED) is 0.596. The third-order valence-electron chi connectivity index (χ3n) is 2.91. The van der Waals surface area contributed by atoms with Crippen molar-refractivity contribution in [3.05, 3.63) is 11.6 Å². The summed E-state index contributed by atoms with van der Waals surface area (Å²) in [6.45, 7) is 14.2. The molecule has 0 N–H and O–H groups in total. The molecule has 0 aromatic heterocycles. The standard InChI is InChI=1S/C12H22O/c1-9(2)8-10(13)12(6,7)11(3,4)5/h8H,1-7H3. The third-order valence-corrected chi connectivity index (χ3v) is 2.91. The number of rotatable bonds is 2. The smallest absolute Gasteiger partial charge is 0.161 e. The largest absolute Gasteiger partial charge is 0.294 e. The van der Waals surface area contributed by atoms with Gasteiger partial charge in [0.2, 0.25) is 0 Å². The van der Waals surface area contributed by atoms with E-state index in [4.69, 9.17) is 0 Å². The first kappa shape index (κ1) is 12.4. The highest BCUT2D eigenvalue weighted by Gasteiger charge is 2.37. The summed E-state index contributed by atoms with van der Waals surface area (Å²) in [6, 6.07) is 0. The zero-order valence-corrected chi connectivity index (χ0v) is 9.99. The molecular weight excluding hydrogens is 160 g/mol. The fraction of sp³-hybridized carbons (Fsp3) is 0.750. The molecule has 1 heteroatoms. The molecule has 0 heterocycles. The molecule has 0 saturated carbocycles. The second kappa shape index (κ2) is 3.65. The summed E-state index contributed by atoms with van der Waals surface area (Å²) in [6.07, 6.45) is 1.74. The summed E-state index contributed by atoms with van der Waals surface area (Å²) in [5, 5.41) is 0. The Bertz CT molecular complexity index is 222. The lowest BCUT2D eigenvalue weighted by Gasteiger charge is -2.36. The van der Waals surface area contributed by atoms with Crippen LogP contribution in [0.2, 0.25) is 0 Å². The van der Waals surface area contributed by atoms with Crippen LogP contribution < -0.4 is 0 Å². The van der Waals surface area contributed by atoms with E-state index in [9.17, 15) is 4.79 Å². The number of ketones is 1. The van der Waals surface area contributed by atoms with E-state index in [0.29, 0.717) is 0 Å². The maximum atomic E-state index is 11.8. The van der Waals surface area contributed by atoms with Crippen molar-refractivity contribution in [1.82, 2.24) is 0 Å². The minimum atomic E-state index is -0.287. The van der Waals surface area contributed by atoms with Gasteiger partial charge in [-0.05, 0) is 25.3 Å². The van der Waals surface area contributed by atoms with Crippen LogP contribution in [0.4, 0.5) is 0 Å². The van der Waals surface area contributed by atoms with Crippen LogP contribution in [0, 0.1) is 10.8 Å². The predicted molar refractivity (Wildman–Crippen MR) is 57.7 cm³/mol. The Labute approximate surface area is 82.2 Å². The van der Waals surface area contributed by atoms with E-state index in [1.165, 1.54) is 0 Å². The van der Waals surface area contributed by atoms with Gasteiger partial charge in [0.15, 0.2) is 5.78 Å². The molecule has 0 aliphatic heterocycles. The first-order valence-electron chi connectivity index (χ1n) is 4.78. The highest BCUT2D eigenvalue weighted by molar-refractivity contribution is 5.95. The van der Waals surface area contributed by atoms with E-state index in [1.807, 2.05) is 27.7 Å². The molecule has 1 nitrogen and oxygen atoms in total. The van der Waals surface area contributed by atoms with Crippen molar-refractivity contribution in [3.63, 3.8) is 0 Å². The van der Waals surface area contributed by atoms with Crippen LogP contribution >= 0.6 is 0 Å². The normalized spacial score (nSPS) is 12.5. The van der Waals surface area contributed by atoms with Crippen molar-refractivity contribution in [2.45, 2.75) is 48.5 Å². The zero-order chi connectivity index (χ0) is 10.9. The number of hydrogen-bond acceptors (Lipinski definition) is 1. The average Bonchev–Trinajstić information content (AvgIpc) is 1.82. The molecule has 0 amide bonds. The summed E-state index contributed by atoms with van der Waals surface area (Å²) in [7, 11) is 0. The van der Waals surface area contributed by atoms with Gasteiger partial charge in [-0.2, -0.15) is 0 Å². The fourth-order valence-electron chi connectivity index (χ4n) is 0.812. The lowest BCUT2D eigenvalue weighted by atomic mass is 9.66. The number of hydrogen-bond donors (Lipinski definition) is 0. The van der Waals surface area contributed by atoms with Crippen molar-refractivity contribution < 1.29 is 4.79 Å². The summed E-state index contributed by atoms with van der Waals surface area (Å²) >= 11 is 0. The highest BCUT2D eigenvalue weighted by atomic mass is 16.1. The van der Waals surface area contributed by atoms with Gasteiger partial charge in [0.1, 0.15) is 0 Å². The lowest BCUT2D eigenvalue weighted by Crippen LogP contribution is -2.36. The van der Waals surface area contributed by atoms with E-state index in [2.05, 4.69) is 20.8 Å². The first-order chi connectivity index (χ1) is 5.59. The maximum Gasteiger partial charge on any atom is 0.161 e. The van der Waals surface area contributed by atoms with Gasteiger partial charge < -0.3 is 0 Å². The molecule has 0 unspecified atom stereocenters. The van der Waals surface area contributed by atoms with E-state index >= 15 is 0 Å². The Morgan fingerprint density at radius 1 is 1.00 bits per heavy atom. The molecule has 0 atom stereocenters. The molecule has 0 saturated heterocycles. The average molecular weight is 182 g/mol. The molecule has 0 fully saturated rings. The van der Waals surface area contributed by atoms with Crippen molar-refractivity contribution in [1.29, 1.82) is 0 Å². The topological polar surface area (TPSA) is 17.1 Å². The predicted octanol–water partition coefficient (Wildman–Crippen LogP) is 3.59. The maximum absolute atomic E-state index is 11.8. The minimum Gasteiger partial charge on any atom is -0.294 e.